The quantitative estimate of drug-likeness (QED) is 0.309. The smallest absolute Gasteiger partial charge is 0.150 e. The van der Waals surface area contributed by atoms with Crippen molar-refractivity contribution in [2.45, 2.75) is 33.6 Å². The Hall–Kier alpha value is -2.61. The number of hydrogen-bond acceptors (Lipinski definition) is 2. The van der Waals surface area contributed by atoms with Crippen LogP contribution in [0.5, 0.6) is 0 Å². The molecule has 1 atom stereocenters. The summed E-state index contributed by atoms with van der Waals surface area (Å²) >= 11 is 4.59. The standard InChI is InChI=1S/C25H24FNS/c1-4-17(2)13-19-5-7-20(8-6-19)21-9-11-22(12-10-21)23-14-18(3)25(27-16-28)24(26)15-23/h5-12,14-15,17H,4,13H2,1-3H3. The average molecular weight is 390 g/mol. The molecule has 0 heterocycles. The fraction of sp³-hybridized carbons (Fsp3) is 0.240. The molecule has 0 spiro atoms. The summed E-state index contributed by atoms with van der Waals surface area (Å²) in [4.78, 5) is 3.81. The Morgan fingerprint density at radius 3 is 1.96 bits per heavy atom. The summed E-state index contributed by atoms with van der Waals surface area (Å²) in [7, 11) is 0. The monoisotopic (exact) mass is 389 g/mol. The normalized spacial score (nSPS) is 11.7. The maximum absolute atomic E-state index is 14.3. The number of aliphatic imine (C=N–C) groups is 1. The summed E-state index contributed by atoms with van der Waals surface area (Å²) in [5, 5.41) is 2.24. The van der Waals surface area contributed by atoms with Gasteiger partial charge in [0.1, 0.15) is 5.69 Å². The van der Waals surface area contributed by atoms with Gasteiger partial charge in [0.2, 0.25) is 0 Å². The lowest BCUT2D eigenvalue weighted by Crippen LogP contribution is -1.97. The molecule has 0 N–H and O–H groups in total. The minimum absolute atomic E-state index is 0.257. The van der Waals surface area contributed by atoms with Gasteiger partial charge in [0.15, 0.2) is 5.82 Å². The number of nitrogens with zero attached hydrogens (tertiary/aromatic N) is 1. The second-order valence-corrected chi connectivity index (χ2v) is 7.50. The summed E-state index contributed by atoms with van der Waals surface area (Å²) in [5.41, 5.74) is 6.51. The molecule has 3 aromatic carbocycles. The Labute approximate surface area is 172 Å². The summed E-state index contributed by atoms with van der Waals surface area (Å²) in [6, 6.07) is 20.4. The van der Waals surface area contributed by atoms with E-state index in [9.17, 15) is 4.39 Å². The molecular weight excluding hydrogens is 365 g/mol. The molecule has 0 amide bonds. The fourth-order valence-corrected chi connectivity index (χ4v) is 3.42. The van der Waals surface area contributed by atoms with Crippen LogP contribution in [0, 0.1) is 18.7 Å². The van der Waals surface area contributed by atoms with E-state index in [0.717, 1.165) is 28.7 Å². The van der Waals surface area contributed by atoms with Gasteiger partial charge in [0.25, 0.3) is 0 Å². The van der Waals surface area contributed by atoms with E-state index in [1.165, 1.54) is 23.6 Å². The molecule has 28 heavy (non-hydrogen) atoms. The van der Waals surface area contributed by atoms with Crippen LogP contribution >= 0.6 is 12.2 Å². The third-order valence-corrected chi connectivity index (χ3v) is 5.29. The van der Waals surface area contributed by atoms with Crippen LogP contribution in [-0.2, 0) is 6.42 Å². The zero-order chi connectivity index (χ0) is 20.1. The van der Waals surface area contributed by atoms with Gasteiger partial charge in [-0.15, -0.1) is 0 Å². The Kier molecular flexibility index (Phi) is 6.51. The topological polar surface area (TPSA) is 12.4 Å². The lowest BCUT2D eigenvalue weighted by molar-refractivity contribution is 0.560. The molecule has 142 valence electrons. The van der Waals surface area contributed by atoms with Gasteiger partial charge >= 0.3 is 0 Å². The largest absolute Gasteiger partial charge is 0.205 e. The molecule has 0 saturated heterocycles. The van der Waals surface area contributed by atoms with Crippen molar-refractivity contribution in [2.75, 3.05) is 0 Å². The minimum atomic E-state index is -0.381. The second kappa shape index (κ2) is 9.05. The number of thiocarbonyl (C=S) groups is 1. The van der Waals surface area contributed by atoms with Gasteiger partial charge in [-0.25, -0.2) is 4.39 Å². The maximum atomic E-state index is 14.3. The molecule has 0 aliphatic heterocycles. The van der Waals surface area contributed by atoms with Crippen LogP contribution in [0.25, 0.3) is 22.3 Å². The lowest BCUT2D eigenvalue weighted by atomic mass is 9.95. The maximum Gasteiger partial charge on any atom is 0.150 e. The van der Waals surface area contributed by atoms with Crippen LogP contribution < -0.4 is 0 Å². The third-order valence-electron chi connectivity index (χ3n) is 5.20. The zero-order valence-electron chi connectivity index (χ0n) is 16.5. The summed E-state index contributed by atoms with van der Waals surface area (Å²) in [5.74, 6) is 0.323. The molecule has 3 aromatic rings. The number of rotatable bonds is 6. The number of isothiocyanates is 1. The number of aryl methyl sites for hydroxylation is 1. The van der Waals surface area contributed by atoms with E-state index in [-0.39, 0.29) is 11.5 Å². The van der Waals surface area contributed by atoms with Crippen LogP contribution in [0.15, 0.2) is 65.7 Å². The van der Waals surface area contributed by atoms with Gasteiger partial charge in [-0.1, -0.05) is 68.8 Å². The van der Waals surface area contributed by atoms with E-state index in [0.29, 0.717) is 5.92 Å². The lowest BCUT2D eigenvalue weighted by Gasteiger charge is -2.10. The Morgan fingerprint density at radius 2 is 1.46 bits per heavy atom. The Bertz CT molecular complexity index is 977. The average Bonchev–Trinajstić information content (AvgIpc) is 2.71. The van der Waals surface area contributed by atoms with E-state index < -0.39 is 0 Å². The van der Waals surface area contributed by atoms with E-state index in [2.05, 4.69) is 72.6 Å². The molecule has 0 saturated carbocycles. The molecule has 3 rings (SSSR count). The molecule has 0 radical (unpaired) electrons. The molecule has 0 aromatic heterocycles. The summed E-state index contributed by atoms with van der Waals surface area (Å²) in [6.45, 7) is 6.34. The van der Waals surface area contributed by atoms with Crippen LogP contribution in [0.2, 0.25) is 0 Å². The molecule has 0 bridgehead atoms. The first-order valence-electron chi connectivity index (χ1n) is 9.59. The predicted molar refractivity (Wildman–Crippen MR) is 120 cm³/mol. The van der Waals surface area contributed by atoms with Crippen molar-refractivity contribution < 1.29 is 4.39 Å². The fourth-order valence-electron chi connectivity index (χ4n) is 3.33. The molecule has 0 aliphatic carbocycles. The number of hydrogen-bond donors (Lipinski definition) is 0. The summed E-state index contributed by atoms with van der Waals surface area (Å²) in [6.07, 6.45) is 2.31. The molecule has 0 aliphatic rings. The first kappa shape index (κ1) is 20.1. The highest BCUT2D eigenvalue weighted by molar-refractivity contribution is 7.78. The van der Waals surface area contributed by atoms with Crippen LogP contribution in [-0.4, -0.2) is 5.16 Å². The van der Waals surface area contributed by atoms with E-state index >= 15 is 0 Å². The van der Waals surface area contributed by atoms with Crippen molar-refractivity contribution in [2.24, 2.45) is 10.9 Å². The molecule has 0 fully saturated rings. The van der Waals surface area contributed by atoms with Crippen LogP contribution in [0.4, 0.5) is 10.1 Å². The summed E-state index contributed by atoms with van der Waals surface area (Å²) < 4.78 is 14.3. The molecular formula is C25H24FNS. The second-order valence-electron chi connectivity index (χ2n) is 7.32. The molecule has 1 nitrogen and oxygen atoms in total. The van der Waals surface area contributed by atoms with E-state index in [1.54, 1.807) is 0 Å². The minimum Gasteiger partial charge on any atom is -0.205 e. The number of benzene rings is 3. The van der Waals surface area contributed by atoms with Crippen molar-refractivity contribution in [3.05, 3.63) is 77.6 Å². The Morgan fingerprint density at radius 1 is 0.929 bits per heavy atom. The molecule has 3 heteroatoms. The van der Waals surface area contributed by atoms with Gasteiger partial charge in [0.05, 0.1) is 5.16 Å². The highest BCUT2D eigenvalue weighted by Gasteiger charge is 2.09. The van der Waals surface area contributed by atoms with Gasteiger partial charge in [-0.3, -0.25) is 0 Å². The highest BCUT2D eigenvalue weighted by Crippen LogP contribution is 2.31. The SMILES string of the molecule is CCC(C)Cc1ccc(-c2ccc(-c3cc(C)c(N=C=S)c(F)c3)cc2)cc1. The van der Waals surface area contributed by atoms with Gasteiger partial charge in [0, 0.05) is 0 Å². The van der Waals surface area contributed by atoms with Crippen molar-refractivity contribution in [3.8, 4) is 22.3 Å². The van der Waals surface area contributed by atoms with E-state index in [1.807, 2.05) is 25.1 Å². The predicted octanol–water partition coefficient (Wildman–Crippen LogP) is 7.79. The molecule has 1 unspecified atom stereocenters. The first-order valence-corrected chi connectivity index (χ1v) is 10.0. The van der Waals surface area contributed by atoms with Gasteiger partial charge < -0.3 is 0 Å². The van der Waals surface area contributed by atoms with Crippen molar-refractivity contribution in [1.82, 2.24) is 0 Å². The van der Waals surface area contributed by atoms with Gasteiger partial charge in [-0.2, -0.15) is 4.99 Å². The van der Waals surface area contributed by atoms with Crippen molar-refractivity contribution in [1.29, 1.82) is 0 Å². The number of halogens is 1. The van der Waals surface area contributed by atoms with Gasteiger partial charge in [-0.05, 0) is 77.0 Å². The zero-order valence-corrected chi connectivity index (χ0v) is 17.3. The Balaban J connectivity index is 1.83. The highest BCUT2D eigenvalue weighted by atomic mass is 32.1. The first-order chi connectivity index (χ1) is 13.5. The van der Waals surface area contributed by atoms with Crippen molar-refractivity contribution >= 4 is 23.1 Å². The van der Waals surface area contributed by atoms with Crippen LogP contribution in [0.1, 0.15) is 31.4 Å². The van der Waals surface area contributed by atoms with Crippen LogP contribution in [0.3, 0.4) is 0 Å². The van der Waals surface area contributed by atoms with Crippen molar-refractivity contribution in [3.63, 3.8) is 0 Å². The third kappa shape index (κ3) is 4.62. The van der Waals surface area contributed by atoms with E-state index in [4.69, 9.17) is 0 Å².